The number of thioether (sulfide) groups is 1. The lowest BCUT2D eigenvalue weighted by Crippen LogP contribution is -2.30. The third-order valence-electron chi connectivity index (χ3n) is 5.44. The van der Waals surface area contributed by atoms with Crippen molar-refractivity contribution in [2.45, 2.75) is 30.7 Å². The van der Waals surface area contributed by atoms with Crippen molar-refractivity contribution in [1.82, 2.24) is 15.5 Å². The normalized spacial score (nSPS) is 21.4. The number of benzene rings is 1. The Kier molecular flexibility index (Phi) is 6.58. The summed E-state index contributed by atoms with van der Waals surface area (Å²) in [7, 11) is 1.94. The van der Waals surface area contributed by atoms with Gasteiger partial charge < -0.3 is 20.6 Å². The summed E-state index contributed by atoms with van der Waals surface area (Å²) in [6.07, 6.45) is 1.54. The third-order valence-corrected chi connectivity index (χ3v) is 7.67. The average Bonchev–Trinajstić information content (AvgIpc) is 3.49. The van der Waals surface area contributed by atoms with Crippen LogP contribution in [0.1, 0.15) is 39.7 Å². The van der Waals surface area contributed by atoms with Gasteiger partial charge in [-0.25, -0.2) is 4.79 Å². The summed E-state index contributed by atoms with van der Waals surface area (Å²) in [6.45, 7) is 2.10. The number of hydrogen-bond acceptors (Lipinski definition) is 6. The fourth-order valence-electron chi connectivity index (χ4n) is 4.00. The van der Waals surface area contributed by atoms with Crippen molar-refractivity contribution in [3.05, 3.63) is 68.4 Å². The van der Waals surface area contributed by atoms with Gasteiger partial charge in [0.15, 0.2) is 0 Å². The van der Waals surface area contributed by atoms with Gasteiger partial charge in [0, 0.05) is 35.8 Å². The Morgan fingerprint density at radius 1 is 1.30 bits per heavy atom. The van der Waals surface area contributed by atoms with Crippen LogP contribution in [0.15, 0.2) is 52.4 Å². The summed E-state index contributed by atoms with van der Waals surface area (Å²) >= 11 is 2.96. The molecule has 2 aliphatic rings. The van der Waals surface area contributed by atoms with Gasteiger partial charge in [0.1, 0.15) is 5.70 Å². The smallest absolute Gasteiger partial charge is 0.353 e. The van der Waals surface area contributed by atoms with E-state index in [0.29, 0.717) is 17.8 Å². The Hall–Kier alpha value is -2.13. The minimum absolute atomic E-state index is 0.151. The van der Waals surface area contributed by atoms with Crippen LogP contribution in [0.4, 0.5) is 0 Å². The minimum atomic E-state index is -1.03. The van der Waals surface area contributed by atoms with Crippen LogP contribution < -0.4 is 10.6 Å². The number of rotatable bonds is 7. The maximum absolute atomic E-state index is 12.7. The molecule has 0 saturated carbocycles. The van der Waals surface area contributed by atoms with Crippen molar-refractivity contribution >= 4 is 35.0 Å². The van der Waals surface area contributed by atoms with Gasteiger partial charge in [-0.3, -0.25) is 4.79 Å². The first-order valence-corrected chi connectivity index (χ1v) is 11.8. The fraction of sp³-hybridized carbons (Fsp3) is 0.364. The third kappa shape index (κ3) is 4.46. The zero-order chi connectivity index (χ0) is 21.1. The van der Waals surface area contributed by atoms with Gasteiger partial charge in [-0.1, -0.05) is 30.3 Å². The van der Waals surface area contributed by atoms with Crippen LogP contribution >= 0.6 is 23.1 Å². The molecule has 4 rings (SSSR count). The van der Waals surface area contributed by atoms with Gasteiger partial charge >= 0.3 is 5.97 Å². The maximum atomic E-state index is 12.7. The summed E-state index contributed by atoms with van der Waals surface area (Å²) in [5, 5.41) is 18.6. The Labute approximate surface area is 184 Å². The minimum Gasteiger partial charge on any atom is -0.477 e. The van der Waals surface area contributed by atoms with Crippen LogP contribution in [-0.2, 0) is 11.3 Å². The van der Waals surface area contributed by atoms with E-state index in [2.05, 4.69) is 34.9 Å². The van der Waals surface area contributed by atoms with Gasteiger partial charge in [0.05, 0.1) is 4.88 Å². The van der Waals surface area contributed by atoms with Gasteiger partial charge in [-0.15, -0.1) is 23.1 Å². The monoisotopic (exact) mass is 443 g/mol. The molecule has 8 heteroatoms. The van der Waals surface area contributed by atoms with Crippen molar-refractivity contribution < 1.29 is 14.7 Å². The number of thiophene rings is 1. The van der Waals surface area contributed by atoms with Gasteiger partial charge in [0.2, 0.25) is 0 Å². The van der Waals surface area contributed by atoms with Gasteiger partial charge in [-0.05, 0) is 42.5 Å². The molecule has 1 amide bonds. The summed E-state index contributed by atoms with van der Waals surface area (Å²) in [5.41, 5.74) is 2.66. The maximum Gasteiger partial charge on any atom is 0.353 e. The Morgan fingerprint density at radius 3 is 2.77 bits per heavy atom. The molecule has 1 aromatic heterocycles. The fourth-order valence-corrected chi connectivity index (χ4v) is 6.06. The highest BCUT2D eigenvalue weighted by Gasteiger charge is 2.36. The van der Waals surface area contributed by atoms with Crippen LogP contribution in [-0.4, -0.2) is 47.3 Å². The van der Waals surface area contributed by atoms with Crippen LogP contribution in [0, 0.1) is 0 Å². The number of carboxylic acids is 1. The number of carbonyl (C=O) groups is 2. The summed E-state index contributed by atoms with van der Waals surface area (Å²) in [5.74, 6) is -1.25. The highest BCUT2D eigenvalue weighted by Crippen LogP contribution is 2.40. The van der Waals surface area contributed by atoms with Crippen molar-refractivity contribution in [2.24, 2.45) is 0 Å². The average molecular weight is 444 g/mol. The molecule has 2 atom stereocenters. The van der Waals surface area contributed by atoms with E-state index in [0.717, 1.165) is 24.4 Å². The van der Waals surface area contributed by atoms with Crippen molar-refractivity contribution in [1.29, 1.82) is 0 Å². The molecule has 0 spiro atoms. The van der Waals surface area contributed by atoms with Gasteiger partial charge in [-0.2, -0.15) is 0 Å². The lowest BCUT2D eigenvalue weighted by atomic mass is 10.0. The van der Waals surface area contributed by atoms with E-state index in [-0.39, 0.29) is 22.9 Å². The zero-order valence-corrected chi connectivity index (χ0v) is 18.4. The van der Waals surface area contributed by atoms with Crippen molar-refractivity contribution in [2.75, 3.05) is 20.1 Å². The highest BCUT2D eigenvalue weighted by molar-refractivity contribution is 8.03. The molecule has 0 bridgehead atoms. The summed E-state index contributed by atoms with van der Waals surface area (Å²) in [6, 6.07) is 12.4. The van der Waals surface area contributed by atoms with E-state index in [1.54, 1.807) is 17.8 Å². The molecular formula is C22H25N3O3S2. The molecule has 2 aromatic rings. The lowest BCUT2D eigenvalue weighted by molar-refractivity contribution is -0.134. The molecule has 1 aromatic carbocycles. The molecule has 2 aliphatic heterocycles. The van der Waals surface area contributed by atoms with E-state index < -0.39 is 5.97 Å². The standard InChI is InChI=1S/C22H25N3O3S2/c1-23-12-14-4-6-15(7-5-14)17-11-16(13-24-17)30-18-8-9-25(20(18)22(27)28)21(26)19-3-2-10-29-19/h2-7,10,16-17,23-24H,8-9,11-13H2,1H3,(H,27,28)/t16-,17-/m0/s1. The molecule has 1 saturated heterocycles. The van der Waals surface area contributed by atoms with E-state index in [4.69, 9.17) is 0 Å². The van der Waals surface area contributed by atoms with E-state index in [1.807, 2.05) is 18.5 Å². The highest BCUT2D eigenvalue weighted by atomic mass is 32.2. The SMILES string of the molecule is CNCc1ccc([C@@H]2C[C@H](SC3=C(C(=O)O)N(C(=O)c4cccs4)CC3)CN2)cc1. The number of aliphatic carboxylic acids is 1. The van der Waals surface area contributed by atoms with Crippen molar-refractivity contribution in [3.8, 4) is 0 Å². The second kappa shape index (κ2) is 9.34. The number of nitrogens with zero attached hydrogens (tertiary/aromatic N) is 1. The second-order valence-electron chi connectivity index (χ2n) is 7.47. The first-order valence-electron chi connectivity index (χ1n) is 10.0. The van der Waals surface area contributed by atoms with E-state index >= 15 is 0 Å². The molecule has 3 N–H and O–H groups in total. The second-order valence-corrected chi connectivity index (χ2v) is 9.81. The first kappa shape index (κ1) is 21.1. The quantitative estimate of drug-likeness (QED) is 0.608. The van der Waals surface area contributed by atoms with Crippen LogP contribution in [0.25, 0.3) is 0 Å². The van der Waals surface area contributed by atoms with Crippen LogP contribution in [0.5, 0.6) is 0 Å². The largest absolute Gasteiger partial charge is 0.477 e. The lowest BCUT2D eigenvalue weighted by Gasteiger charge is -2.17. The molecule has 30 heavy (non-hydrogen) atoms. The first-order chi connectivity index (χ1) is 14.6. The molecule has 0 radical (unpaired) electrons. The van der Waals surface area contributed by atoms with E-state index in [1.165, 1.54) is 27.4 Å². The van der Waals surface area contributed by atoms with Crippen LogP contribution in [0.2, 0.25) is 0 Å². The van der Waals surface area contributed by atoms with Crippen LogP contribution in [0.3, 0.4) is 0 Å². The molecular weight excluding hydrogens is 418 g/mol. The topological polar surface area (TPSA) is 81.7 Å². The van der Waals surface area contributed by atoms with Gasteiger partial charge in [0.25, 0.3) is 5.91 Å². The van der Waals surface area contributed by atoms with E-state index in [9.17, 15) is 14.7 Å². The summed E-state index contributed by atoms with van der Waals surface area (Å²) in [4.78, 5) is 27.5. The van der Waals surface area contributed by atoms with Crippen molar-refractivity contribution in [3.63, 3.8) is 0 Å². The molecule has 0 aliphatic carbocycles. The molecule has 158 valence electrons. The molecule has 3 heterocycles. The number of amides is 1. The predicted octanol–water partition coefficient (Wildman–Crippen LogP) is 3.45. The number of hydrogen-bond donors (Lipinski definition) is 3. The molecule has 1 fully saturated rings. The Balaban J connectivity index is 1.44. The number of carboxylic acid groups (broad SMARTS) is 1. The summed E-state index contributed by atoms with van der Waals surface area (Å²) < 4.78 is 0. The number of nitrogens with one attached hydrogen (secondary N) is 2. The Bertz CT molecular complexity index is 941. The predicted molar refractivity (Wildman–Crippen MR) is 121 cm³/mol. The Morgan fingerprint density at radius 2 is 2.10 bits per heavy atom. The number of carbonyl (C=O) groups excluding carboxylic acids is 1. The molecule has 6 nitrogen and oxygen atoms in total. The molecule has 0 unspecified atom stereocenters. The zero-order valence-electron chi connectivity index (χ0n) is 16.8.